The minimum absolute atomic E-state index is 0.270. The molecule has 0 aliphatic heterocycles. The van der Waals surface area contributed by atoms with E-state index in [1.807, 2.05) is 103 Å². The summed E-state index contributed by atoms with van der Waals surface area (Å²) < 4.78 is 12.9. The van der Waals surface area contributed by atoms with Gasteiger partial charge in [-0.15, -0.1) is 11.3 Å². The van der Waals surface area contributed by atoms with E-state index in [0.717, 1.165) is 83.3 Å². The van der Waals surface area contributed by atoms with Gasteiger partial charge in [-0.25, -0.2) is 4.98 Å². The number of aldehydes is 1. The van der Waals surface area contributed by atoms with E-state index in [0.29, 0.717) is 30.8 Å². The molecule has 0 saturated heterocycles. The molecule has 0 fully saturated rings. The van der Waals surface area contributed by atoms with Gasteiger partial charge in [-0.1, -0.05) is 121 Å². The molecule has 0 bridgehead atoms. The summed E-state index contributed by atoms with van der Waals surface area (Å²) in [7, 11) is 0. The van der Waals surface area contributed by atoms with Crippen molar-refractivity contribution in [3.05, 3.63) is 240 Å². The molecular weight excluding hydrogens is 809 g/mol. The molecule has 0 N–H and O–H groups in total. The molecule has 8 aromatic carbocycles. The summed E-state index contributed by atoms with van der Waals surface area (Å²) >= 11 is 1.62. The van der Waals surface area contributed by atoms with Crippen LogP contribution >= 0.6 is 11.3 Å². The summed E-state index contributed by atoms with van der Waals surface area (Å²) in [5.41, 5.74) is 12.1. The predicted octanol–water partition coefficient (Wildman–Crippen LogP) is 14.4. The van der Waals surface area contributed by atoms with Crippen LogP contribution in [0.5, 0.6) is 11.5 Å². The molecule has 0 aliphatic carbocycles. The second-order valence-corrected chi connectivity index (χ2v) is 16.3. The highest BCUT2D eigenvalue weighted by Gasteiger charge is 2.18. The third kappa shape index (κ3) is 9.76. The van der Waals surface area contributed by atoms with Crippen LogP contribution in [0.15, 0.2) is 212 Å². The highest BCUT2D eigenvalue weighted by Crippen LogP contribution is 2.39. The van der Waals surface area contributed by atoms with E-state index in [9.17, 15) is 9.59 Å². The SMILES string of the molecule is O=Cc1ccc(N(c2ccccc2)c2ccc(-c3nc4ccc(OCCCCC(=O)Oc5ccc(C(=C(c6ccccc6)c6ccccc6)c6ccccc6)cc5)cc4s3)cc2)cc1. The second kappa shape index (κ2) is 19.9. The van der Waals surface area contributed by atoms with Gasteiger partial charge in [0, 0.05) is 34.6 Å². The molecule has 0 unspecified atom stereocenters. The van der Waals surface area contributed by atoms with Crippen molar-refractivity contribution >= 4 is 62.0 Å². The first kappa shape index (κ1) is 41.5. The average molecular weight is 853 g/mol. The highest BCUT2D eigenvalue weighted by molar-refractivity contribution is 7.21. The summed E-state index contributed by atoms with van der Waals surface area (Å²) in [6.45, 7) is 0.482. The molecule has 0 radical (unpaired) electrons. The fraction of sp³-hybridized carbons (Fsp3) is 0.0702. The van der Waals surface area contributed by atoms with Crippen molar-refractivity contribution < 1.29 is 19.1 Å². The van der Waals surface area contributed by atoms with Crippen LogP contribution in [0.1, 0.15) is 51.9 Å². The van der Waals surface area contributed by atoms with Crippen molar-refractivity contribution in [1.29, 1.82) is 0 Å². The molecule has 1 aromatic heterocycles. The van der Waals surface area contributed by atoms with Crippen molar-refractivity contribution in [3.8, 4) is 22.1 Å². The molecule has 0 saturated carbocycles. The fourth-order valence-corrected chi connectivity index (χ4v) is 8.76. The Morgan fingerprint density at radius 3 is 1.59 bits per heavy atom. The largest absolute Gasteiger partial charge is 0.494 e. The molecule has 6 nitrogen and oxygen atoms in total. The molecule has 9 aromatic rings. The van der Waals surface area contributed by atoms with Gasteiger partial charge in [-0.05, 0) is 137 Å². The van der Waals surface area contributed by atoms with Crippen molar-refractivity contribution in [3.63, 3.8) is 0 Å². The second-order valence-electron chi connectivity index (χ2n) is 15.2. The van der Waals surface area contributed by atoms with E-state index in [2.05, 4.69) is 114 Å². The lowest BCUT2D eigenvalue weighted by Gasteiger charge is -2.25. The highest BCUT2D eigenvalue weighted by atomic mass is 32.1. The zero-order chi connectivity index (χ0) is 43.5. The maximum Gasteiger partial charge on any atom is 0.311 e. The first-order chi connectivity index (χ1) is 31.6. The Balaban J connectivity index is 0.806. The molecule has 0 amide bonds. The van der Waals surface area contributed by atoms with Gasteiger partial charge < -0.3 is 14.4 Å². The number of fused-ring (bicyclic) bond motifs is 1. The monoisotopic (exact) mass is 852 g/mol. The quantitative estimate of drug-likeness (QED) is 0.0317. The lowest BCUT2D eigenvalue weighted by molar-refractivity contribution is -0.134. The predicted molar refractivity (Wildman–Crippen MR) is 261 cm³/mol. The van der Waals surface area contributed by atoms with Crippen LogP contribution in [0.25, 0.3) is 31.9 Å². The number of benzene rings is 8. The molecule has 0 atom stereocenters. The van der Waals surface area contributed by atoms with E-state index in [1.54, 1.807) is 11.3 Å². The molecule has 64 heavy (non-hydrogen) atoms. The summed E-state index contributed by atoms with van der Waals surface area (Å²) in [5.74, 6) is 1.02. The topological polar surface area (TPSA) is 68.7 Å². The molecule has 0 aliphatic rings. The third-order valence-electron chi connectivity index (χ3n) is 10.9. The molecule has 7 heteroatoms. The number of nitrogens with zero attached hydrogens (tertiary/aromatic N) is 2. The van der Waals surface area contributed by atoms with E-state index < -0.39 is 0 Å². The van der Waals surface area contributed by atoms with Crippen molar-refractivity contribution in [2.24, 2.45) is 0 Å². The van der Waals surface area contributed by atoms with Gasteiger partial charge in [0.25, 0.3) is 0 Å². The number of esters is 1. The Morgan fingerprint density at radius 1 is 0.531 bits per heavy atom. The van der Waals surface area contributed by atoms with E-state index >= 15 is 0 Å². The van der Waals surface area contributed by atoms with Crippen molar-refractivity contribution in [1.82, 2.24) is 4.98 Å². The van der Waals surface area contributed by atoms with Crippen molar-refractivity contribution in [2.45, 2.75) is 19.3 Å². The number of unbranched alkanes of at least 4 members (excludes halogenated alkanes) is 1. The number of hydrogen-bond acceptors (Lipinski definition) is 7. The average Bonchev–Trinajstić information content (AvgIpc) is 3.79. The van der Waals surface area contributed by atoms with E-state index in [-0.39, 0.29) is 12.4 Å². The summed E-state index contributed by atoms with van der Waals surface area (Å²) in [6, 6.07) is 71.2. The first-order valence-corrected chi connectivity index (χ1v) is 22.2. The lowest BCUT2D eigenvalue weighted by Crippen LogP contribution is -2.09. The minimum Gasteiger partial charge on any atom is -0.494 e. The maximum absolute atomic E-state index is 12.9. The fourth-order valence-electron chi connectivity index (χ4n) is 7.76. The van der Waals surface area contributed by atoms with E-state index in [1.165, 1.54) is 0 Å². The van der Waals surface area contributed by atoms with Gasteiger partial charge in [0.05, 0.1) is 16.8 Å². The Bertz CT molecular complexity index is 2950. The normalized spacial score (nSPS) is 10.9. The van der Waals surface area contributed by atoms with Crippen molar-refractivity contribution in [2.75, 3.05) is 11.5 Å². The Kier molecular flexibility index (Phi) is 12.9. The zero-order valence-corrected chi connectivity index (χ0v) is 35.9. The number of rotatable bonds is 16. The van der Waals surface area contributed by atoms with Crippen LogP contribution in [0.3, 0.4) is 0 Å². The number of carbonyl (C=O) groups is 2. The van der Waals surface area contributed by atoms with Gasteiger partial charge >= 0.3 is 5.97 Å². The molecular formula is C57H44N2O4S. The number of ether oxygens (including phenoxy) is 2. The van der Waals surface area contributed by atoms with Crippen LogP contribution < -0.4 is 14.4 Å². The summed E-state index contributed by atoms with van der Waals surface area (Å²) in [4.78, 5) is 31.3. The number of para-hydroxylation sites is 1. The van der Waals surface area contributed by atoms with Crippen LogP contribution in [-0.4, -0.2) is 23.8 Å². The number of anilines is 3. The molecule has 1 heterocycles. The van der Waals surface area contributed by atoms with Gasteiger partial charge in [0.15, 0.2) is 0 Å². The van der Waals surface area contributed by atoms with Gasteiger partial charge in [-0.2, -0.15) is 0 Å². The Labute approximate surface area is 377 Å². The third-order valence-corrected chi connectivity index (χ3v) is 12.0. The van der Waals surface area contributed by atoms with Crippen LogP contribution in [-0.2, 0) is 4.79 Å². The van der Waals surface area contributed by atoms with Gasteiger partial charge in [0.1, 0.15) is 22.8 Å². The standard InChI is InChI=1S/C57H44N2O4S/c60-40-41-24-30-48(31-25-41)59(47-21-11-4-12-22-47)49-32-26-46(27-33-49)57-58-52-37-36-51(39-53(52)64-57)62-38-14-13-23-54(61)63-50-34-28-45(29-35-50)56(44-19-9-3-10-20-44)55(42-15-5-1-6-16-42)43-17-7-2-8-18-43/h1-12,15-22,24-37,39-40H,13-14,23,38H2. The minimum atomic E-state index is -0.270. The lowest BCUT2D eigenvalue weighted by atomic mass is 9.86. The van der Waals surface area contributed by atoms with Gasteiger partial charge in [-0.3, -0.25) is 9.59 Å². The van der Waals surface area contributed by atoms with Gasteiger partial charge in [0.2, 0.25) is 0 Å². The zero-order valence-electron chi connectivity index (χ0n) is 35.0. The first-order valence-electron chi connectivity index (χ1n) is 21.4. The van der Waals surface area contributed by atoms with Crippen LogP contribution in [0, 0.1) is 0 Å². The maximum atomic E-state index is 12.9. The number of aromatic nitrogens is 1. The smallest absolute Gasteiger partial charge is 0.311 e. The number of carbonyl (C=O) groups excluding carboxylic acids is 2. The molecule has 0 spiro atoms. The summed E-state index contributed by atoms with van der Waals surface area (Å²) in [6.07, 6.45) is 2.50. The van der Waals surface area contributed by atoms with E-state index in [4.69, 9.17) is 14.5 Å². The number of thiazole rings is 1. The Morgan fingerprint density at radius 2 is 1.03 bits per heavy atom. The molecule has 9 rings (SSSR count). The molecule has 312 valence electrons. The van der Waals surface area contributed by atoms with Crippen LogP contribution in [0.4, 0.5) is 17.1 Å². The number of hydrogen-bond donors (Lipinski definition) is 0. The Hall–Kier alpha value is -7.87. The van der Waals surface area contributed by atoms with Crippen LogP contribution in [0.2, 0.25) is 0 Å². The summed E-state index contributed by atoms with van der Waals surface area (Å²) in [5, 5.41) is 0.922.